The Labute approximate surface area is 128 Å². The topological polar surface area (TPSA) is 75.4 Å². The van der Waals surface area contributed by atoms with Crippen molar-refractivity contribution in [2.45, 2.75) is 64.5 Å². The van der Waals surface area contributed by atoms with E-state index in [1.54, 1.807) is 19.0 Å². The molecule has 122 valence electrons. The first-order valence-electron chi connectivity index (χ1n) is 8.10. The van der Waals surface area contributed by atoms with Crippen LogP contribution in [0.2, 0.25) is 0 Å². The molecule has 3 atom stereocenters. The molecule has 0 bridgehead atoms. The van der Waals surface area contributed by atoms with Crippen LogP contribution in [0.4, 0.5) is 0 Å². The van der Waals surface area contributed by atoms with E-state index in [-0.39, 0.29) is 23.8 Å². The Bertz CT molecular complexity index is 355. The number of carbonyl (C=O) groups is 2. The first-order valence-corrected chi connectivity index (χ1v) is 8.10. The highest BCUT2D eigenvalue weighted by Crippen LogP contribution is 2.22. The van der Waals surface area contributed by atoms with Crippen LogP contribution in [0, 0.1) is 11.8 Å². The predicted molar refractivity (Wildman–Crippen MR) is 84.6 cm³/mol. The second kappa shape index (κ2) is 8.37. The van der Waals surface area contributed by atoms with E-state index < -0.39 is 6.04 Å². The largest absolute Gasteiger partial charge is 0.347 e. The molecule has 2 amide bonds. The molecule has 1 aliphatic carbocycles. The number of hydrogen-bond donors (Lipinski definition) is 2. The molecular formula is C16H31N3O2. The zero-order chi connectivity index (χ0) is 16.0. The molecule has 1 fully saturated rings. The van der Waals surface area contributed by atoms with Crippen molar-refractivity contribution in [1.29, 1.82) is 0 Å². The Balaban J connectivity index is 2.71. The molecule has 5 heteroatoms. The maximum absolute atomic E-state index is 12.5. The van der Waals surface area contributed by atoms with Gasteiger partial charge in [0.2, 0.25) is 11.8 Å². The molecule has 0 aromatic heterocycles. The number of nitrogens with zero attached hydrogens (tertiary/aromatic N) is 1. The number of carbonyl (C=O) groups excluding carboxylic acids is 2. The molecule has 0 spiro atoms. The zero-order valence-electron chi connectivity index (χ0n) is 13.9. The molecule has 3 N–H and O–H groups in total. The third-order valence-electron chi connectivity index (χ3n) is 4.17. The number of nitrogens with one attached hydrogen (secondary N) is 1. The smallest absolute Gasteiger partial charge is 0.244 e. The van der Waals surface area contributed by atoms with Crippen LogP contribution in [0.1, 0.15) is 52.4 Å². The molecule has 0 aromatic carbocycles. The number of amides is 2. The van der Waals surface area contributed by atoms with Crippen LogP contribution >= 0.6 is 0 Å². The van der Waals surface area contributed by atoms with Crippen molar-refractivity contribution in [3.63, 3.8) is 0 Å². The van der Waals surface area contributed by atoms with Gasteiger partial charge in [-0.2, -0.15) is 0 Å². The summed E-state index contributed by atoms with van der Waals surface area (Å²) in [7, 11) is 3.44. The van der Waals surface area contributed by atoms with Crippen molar-refractivity contribution in [3.8, 4) is 0 Å². The van der Waals surface area contributed by atoms with Crippen molar-refractivity contribution in [1.82, 2.24) is 10.2 Å². The van der Waals surface area contributed by atoms with Crippen LogP contribution in [-0.2, 0) is 9.59 Å². The summed E-state index contributed by atoms with van der Waals surface area (Å²) in [5.74, 6) is 0.101. The van der Waals surface area contributed by atoms with Gasteiger partial charge in [-0.05, 0) is 25.2 Å². The minimum Gasteiger partial charge on any atom is -0.347 e. The van der Waals surface area contributed by atoms with Gasteiger partial charge in [-0.1, -0.05) is 33.1 Å². The SMILES string of the molecule is CC(C)CC(NC(=O)C1CCCCCC1N)C(=O)N(C)C. The lowest BCUT2D eigenvalue weighted by molar-refractivity contribution is -0.136. The molecule has 21 heavy (non-hydrogen) atoms. The summed E-state index contributed by atoms with van der Waals surface area (Å²) in [5, 5.41) is 2.95. The minimum absolute atomic E-state index is 0.0424. The molecule has 3 unspecified atom stereocenters. The molecule has 1 aliphatic rings. The lowest BCUT2D eigenvalue weighted by Crippen LogP contribution is -2.51. The lowest BCUT2D eigenvalue weighted by Gasteiger charge is -2.27. The van der Waals surface area contributed by atoms with E-state index in [1.807, 2.05) is 0 Å². The van der Waals surface area contributed by atoms with Gasteiger partial charge < -0.3 is 16.0 Å². The van der Waals surface area contributed by atoms with Gasteiger partial charge in [0.25, 0.3) is 0 Å². The Morgan fingerprint density at radius 2 is 1.81 bits per heavy atom. The van der Waals surface area contributed by atoms with E-state index in [0.29, 0.717) is 12.3 Å². The third-order valence-corrected chi connectivity index (χ3v) is 4.17. The second-order valence-electron chi connectivity index (χ2n) is 6.83. The van der Waals surface area contributed by atoms with E-state index in [9.17, 15) is 9.59 Å². The molecule has 0 saturated heterocycles. The van der Waals surface area contributed by atoms with Gasteiger partial charge >= 0.3 is 0 Å². The average molecular weight is 297 g/mol. The summed E-state index contributed by atoms with van der Waals surface area (Å²) in [4.78, 5) is 26.3. The molecule has 1 rings (SSSR count). The third kappa shape index (κ3) is 5.65. The summed E-state index contributed by atoms with van der Waals surface area (Å²) in [6.45, 7) is 4.11. The van der Waals surface area contributed by atoms with Crippen molar-refractivity contribution >= 4 is 11.8 Å². The number of rotatable bonds is 5. The maximum Gasteiger partial charge on any atom is 0.244 e. The van der Waals surface area contributed by atoms with Crippen LogP contribution in [0.15, 0.2) is 0 Å². The molecule has 0 aromatic rings. The van der Waals surface area contributed by atoms with Crippen molar-refractivity contribution in [2.24, 2.45) is 17.6 Å². The molecule has 0 aliphatic heterocycles. The van der Waals surface area contributed by atoms with Gasteiger partial charge in [0.15, 0.2) is 0 Å². The Hall–Kier alpha value is -1.10. The molecular weight excluding hydrogens is 266 g/mol. The highest BCUT2D eigenvalue weighted by molar-refractivity contribution is 5.88. The van der Waals surface area contributed by atoms with Crippen LogP contribution in [0.3, 0.4) is 0 Å². The fourth-order valence-electron chi connectivity index (χ4n) is 2.95. The van der Waals surface area contributed by atoms with E-state index in [4.69, 9.17) is 5.73 Å². The molecule has 0 heterocycles. The predicted octanol–water partition coefficient (Wildman–Crippen LogP) is 1.51. The van der Waals surface area contributed by atoms with Crippen LogP contribution in [-0.4, -0.2) is 42.9 Å². The van der Waals surface area contributed by atoms with Gasteiger partial charge in [-0.25, -0.2) is 0 Å². The second-order valence-corrected chi connectivity index (χ2v) is 6.83. The van der Waals surface area contributed by atoms with E-state index in [1.165, 1.54) is 0 Å². The Kier molecular flexibility index (Phi) is 7.15. The van der Waals surface area contributed by atoms with Gasteiger partial charge in [0.1, 0.15) is 6.04 Å². The number of likely N-dealkylation sites (N-methyl/N-ethyl adjacent to an activating group) is 1. The lowest BCUT2D eigenvalue weighted by atomic mass is 9.93. The highest BCUT2D eigenvalue weighted by atomic mass is 16.2. The van der Waals surface area contributed by atoms with E-state index >= 15 is 0 Å². The van der Waals surface area contributed by atoms with Crippen molar-refractivity contribution in [3.05, 3.63) is 0 Å². The molecule has 1 saturated carbocycles. The number of hydrogen-bond acceptors (Lipinski definition) is 3. The van der Waals surface area contributed by atoms with Crippen LogP contribution in [0.25, 0.3) is 0 Å². The summed E-state index contributed by atoms with van der Waals surface area (Å²) >= 11 is 0. The minimum atomic E-state index is -0.442. The number of nitrogens with two attached hydrogens (primary N) is 1. The van der Waals surface area contributed by atoms with Gasteiger partial charge in [-0.3, -0.25) is 9.59 Å². The normalized spacial score (nSPS) is 24.3. The summed E-state index contributed by atoms with van der Waals surface area (Å²) in [6, 6.07) is -0.524. The summed E-state index contributed by atoms with van der Waals surface area (Å²) in [5.41, 5.74) is 6.14. The molecule has 0 radical (unpaired) electrons. The fraction of sp³-hybridized carbons (Fsp3) is 0.875. The van der Waals surface area contributed by atoms with Gasteiger partial charge in [0.05, 0.1) is 5.92 Å². The van der Waals surface area contributed by atoms with E-state index in [0.717, 1.165) is 32.1 Å². The van der Waals surface area contributed by atoms with Gasteiger partial charge in [0, 0.05) is 20.1 Å². The zero-order valence-corrected chi connectivity index (χ0v) is 13.9. The first-order chi connectivity index (χ1) is 9.82. The Morgan fingerprint density at radius 1 is 1.19 bits per heavy atom. The Morgan fingerprint density at radius 3 is 2.38 bits per heavy atom. The monoisotopic (exact) mass is 297 g/mol. The fourth-order valence-corrected chi connectivity index (χ4v) is 2.95. The van der Waals surface area contributed by atoms with Crippen molar-refractivity contribution in [2.75, 3.05) is 14.1 Å². The maximum atomic E-state index is 12.5. The van der Waals surface area contributed by atoms with Crippen LogP contribution < -0.4 is 11.1 Å². The summed E-state index contributed by atoms with van der Waals surface area (Å²) in [6.07, 6.45) is 5.67. The average Bonchev–Trinajstić information content (AvgIpc) is 2.61. The standard InChI is InChI=1S/C16H31N3O2/c1-11(2)10-14(16(21)19(3)4)18-15(20)12-8-6-5-7-9-13(12)17/h11-14H,5-10,17H2,1-4H3,(H,18,20). The molecule has 5 nitrogen and oxygen atoms in total. The van der Waals surface area contributed by atoms with Gasteiger partial charge in [-0.15, -0.1) is 0 Å². The quantitative estimate of drug-likeness (QED) is 0.755. The highest BCUT2D eigenvalue weighted by Gasteiger charge is 2.31. The van der Waals surface area contributed by atoms with Crippen molar-refractivity contribution < 1.29 is 9.59 Å². The first kappa shape index (κ1) is 18.0. The van der Waals surface area contributed by atoms with Crippen LogP contribution in [0.5, 0.6) is 0 Å². The van der Waals surface area contributed by atoms with E-state index in [2.05, 4.69) is 19.2 Å². The summed E-state index contributed by atoms with van der Waals surface area (Å²) < 4.78 is 0.